The second-order valence-electron chi connectivity index (χ2n) is 6.46. The summed E-state index contributed by atoms with van der Waals surface area (Å²) in [4.78, 5) is 4.94. The molecule has 2 atom stereocenters. The van der Waals surface area contributed by atoms with Crippen LogP contribution in [0.2, 0.25) is 0 Å². The first-order chi connectivity index (χ1) is 16.4. The van der Waals surface area contributed by atoms with Crippen molar-refractivity contribution in [2.45, 2.75) is 82.1 Å². The van der Waals surface area contributed by atoms with E-state index in [9.17, 15) is 0 Å². The fourth-order valence-electron chi connectivity index (χ4n) is 3.51. The van der Waals surface area contributed by atoms with E-state index in [1.54, 1.807) is 0 Å². The molecule has 0 bridgehead atoms. The minimum atomic E-state index is 0.724. The van der Waals surface area contributed by atoms with Gasteiger partial charge in [-0.2, -0.15) is 0 Å². The average molecular weight is 449 g/mol. The Balaban J connectivity index is 0.000000916. The van der Waals surface area contributed by atoms with Gasteiger partial charge in [-0.3, -0.25) is 4.57 Å². The quantitative estimate of drug-likeness (QED) is 0.447. The Hall–Kier alpha value is -2.61. The molecule has 0 spiro atoms. The van der Waals surface area contributed by atoms with Crippen molar-refractivity contribution in [2.75, 3.05) is 0 Å². The molecular weight excluding hydrogens is 400 g/mol. The van der Waals surface area contributed by atoms with Gasteiger partial charge in [-0.05, 0) is 42.9 Å². The van der Waals surface area contributed by atoms with E-state index < -0.39 is 0 Å². The van der Waals surface area contributed by atoms with Crippen molar-refractivity contribution in [3.63, 3.8) is 0 Å². The fraction of sp³-hybridized carbons (Fsp3) is 0.452. The predicted molar refractivity (Wildman–Crippen MR) is 152 cm³/mol. The maximum absolute atomic E-state index is 4.94. The molecule has 1 heterocycles. The molecule has 33 heavy (non-hydrogen) atoms. The maximum Gasteiger partial charge on any atom is 0.145 e. The molecule has 182 valence electrons. The van der Waals surface area contributed by atoms with Gasteiger partial charge in [-0.1, -0.05) is 124 Å². The van der Waals surface area contributed by atoms with Gasteiger partial charge in [0.15, 0.2) is 0 Å². The van der Waals surface area contributed by atoms with Crippen LogP contribution in [0.4, 0.5) is 0 Å². The highest BCUT2D eigenvalue weighted by molar-refractivity contribution is 5.77. The SMILES string of the molecule is C1=Cc2nc(-c3ccccc3)n(C3=CC4CC4C=C3)c2C=CC1.CC.CC.CC.CC.CC. The third-order valence-electron chi connectivity index (χ3n) is 4.85. The van der Waals surface area contributed by atoms with E-state index in [0.29, 0.717) is 0 Å². The molecule has 3 aliphatic rings. The highest BCUT2D eigenvalue weighted by atomic mass is 15.1. The van der Waals surface area contributed by atoms with Crippen LogP contribution in [0.3, 0.4) is 0 Å². The van der Waals surface area contributed by atoms with E-state index in [1.165, 1.54) is 17.8 Å². The number of nitrogens with zero attached hydrogens (tertiary/aromatic N) is 2. The predicted octanol–water partition coefficient (Wildman–Crippen LogP) is 10.2. The molecule has 0 N–H and O–H groups in total. The van der Waals surface area contributed by atoms with E-state index in [-0.39, 0.29) is 0 Å². The van der Waals surface area contributed by atoms with Crippen LogP contribution in [0.5, 0.6) is 0 Å². The van der Waals surface area contributed by atoms with Crippen molar-refractivity contribution in [3.8, 4) is 11.4 Å². The standard InChI is InChI=1S/C21H18N2.5C2H6/c1-3-7-15(8-4-1)21-22-19-9-5-2-6-10-20(19)23(21)18-12-11-16-13-17(16)14-18;5*1-2/h1,3-12,14,16-17H,2,13H2;5*1-2H3. The van der Waals surface area contributed by atoms with Gasteiger partial charge in [-0.15, -0.1) is 0 Å². The molecule has 3 aliphatic carbocycles. The van der Waals surface area contributed by atoms with Crippen molar-refractivity contribution in [1.29, 1.82) is 0 Å². The number of imidazole rings is 1. The van der Waals surface area contributed by atoms with Gasteiger partial charge in [-0.25, -0.2) is 4.98 Å². The molecule has 0 radical (unpaired) electrons. The fourth-order valence-corrected chi connectivity index (χ4v) is 3.51. The van der Waals surface area contributed by atoms with Gasteiger partial charge in [0.2, 0.25) is 0 Å². The van der Waals surface area contributed by atoms with Crippen molar-refractivity contribution in [1.82, 2.24) is 9.55 Å². The van der Waals surface area contributed by atoms with Gasteiger partial charge in [0.05, 0.1) is 11.4 Å². The molecule has 2 nitrogen and oxygen atoms in total. The number of rotatable bonds is 2. The first kappa shape index (κ1) is 30.4. The summed E-state index contributed by atoms with van der Waals surface area (Å²) in [7, 11) is 0. The van der Waals surface area contributed by atoms with Gasteiger partial charge in [0, 0.05) is 11.3 Å². The Labute approximate surface area is 204 Å². The zero-order chi connectivity index (χ0) is 25.2. The number of allylic oxidation sites excluding steroid dienone is 6. The van der Waals surface area contributed by atoms with E-state index in [2.05, 4.69) is 77.4 Å². The summed E-state index contributed by atoms with van der Waals surface area (Å²) in [5.41, 5.74) is 4.67. The lowest BCUT2D eigenvalue weighted by Crippen LogP contribution is -2.03. The summed E-state index contributed by atoms with van der Waals surface area (Å²) in [6.07, 6.45) is 18.1. The summed E-state index contributed by atoms with van der Waals surface area (Å²) >= 11 is 0. The number of fused-ring (bicyclic) bond motifs is 2. The molecule has 1 fully saturated rings. The molecule has 5 rings (SSSR count). The van der Waals surface area contributed by atoms with E-state index in [1.807, 2.05) is 69.2 Å². The largest absolute Gasteiger partial charge is 0.293 e. The van der Waals surface area contributed by atoms with Crippen molar-refractivity contribution >= 4 is 17.8 Å². The molecule has 2 heteroatoms. The van der Waals surface area contributed by atoms with Gasteiger partial charge in [0.1, 0.15) is 5.82 Å². The molecule has 0 aliphatic heterocycles. The molecule has 0 amide bonds. The lowest BCUT2D eigenvalue weighted by atomic mass is 10.1. The van der Waals surface area contributed by atoms with E-state index in [4.69, 9.17) is 4.98 Å². The summed E-state index contributed by atoms with van der Waals surface area (Å²) in [5.74, 6) is 2.53. The first-order valence-electron chi connectivity index (χ1n) is 13.3. The molecular formula is C31H48N2. The van der Waals surface area contributed by atoms with Crippen LogP contribution in [0.1, 0.15) is 93.5 Å². The summed E-state index contributed by atoms with van der Waals surface area (Å²) in [6, 6.07) is 10.5. The Morgan fingerprint density at radius 3 is 1.94 bits per heavy atom. The molecule has 2 aromatic rings. The average Bonchev–Trinajstić information content (AvgIpc) is 3.68. The maximum atomic E-state index is 4.94. The lowest BCUT2D eigenvalue weighted by molar-refractivity contribution is 0.955. The topological polar surface area (TPSA) is 17.8 Å². The lowest BCUT2D eigenvalue weighted by Gasteiger charge is -2.14. The molecule has 1 saturated carbocycles. The number of hydrogen-bond acceptors (Lipinski definition) is 1. The smallest absolute Gasteiger partial charge is 0.145 e. The zero-order valence-electron chi connectivity index (χ0n) is 22.9. The van der Waals surface area contributed by atoms with Crippen LogP contribution in [0, 0.1) is 11.8 Å². The summed E-state index contributed by atoms with van der Waals surface area (Å²) < 4.78 is 2.32. The van der Waals surface area contributed by atoms with Crippen LogP contribution < -0.4 is 0 Å². The van der Waals surface area contributed by atoms with Crippen LogP contribution in [0.15, 0.2) is 60.7 Å². The molecule has 0 saturated heterocycles. The van der Waals surface area contributed by atoms with Gasteiger partial charge >= 0.3 is 0 Å². The van der Waals surface area contributed by atoms with Crippen LogP contribution in [0.25, 0.3) is 29.2 Å². The normalized spacial score (nSPS) is 17.6. The minimum Gasteiger partial charge on any atom is -0.293 e. The minimum absolute atomic E-state index is 0.724. The summed E-state index contributed by atoms with van der Waals surface area (Å²) in [5, 5.41) is 0. The third kappa shape index (κ3) is 8.03. The van der Waals surface area contributed by atoms with Crippen molar-refractivity contribution < 1.29 is 0 Å². The van der Waals surface area contributed by atoms with Crippen LogP contribution in [-0.2, 0) is 0 Å². The first-order valence-corrected chi connectivity index (χ1v) is 13.3. The zero-order valence-corrected chi connectivity index (χ0v) is 22.9. The molecule has 1 aromatic carbocycles. The Bertz CT molecular complexity index is 879. The van der Waals surface area contributed by atoms with Crippen molar-refractivity contribution in [3.05, 3.63) is 72.1 Å². The van der Waals surface area contributed by atoms with E-state index in [0.717, 1.165) is 35.3 Å². The Morgan fingerprint density at radius 2 is 1.33 bits per heavy atom. The van der Waals surface area contributed by atoms with Crippen LogP contribution in [-0.4, -0.2) is 9.55 Å². The summed E-state index contributed by atoms with van der Waals surface area (Å²) in [6.45, 7) is 20.0. The number of aromatic nitrogens is 2. The second kappa shape index (κ2) is 17.9. The van der Waals surface area contributed by atoms with E-state index >= 15 is 0 Å². The highest BCUT2D eigenvalue weighted by Crippen LogP contribution is 2.46. The highest BCUT2D eigenvalue weighted by Gasteiger charge is 2.36. The Kier molecular flexibility index (Phi) is 16.5. The number of benzene rings is 1. The monoisotopic (exact) mass is 448 g/mol. The van der Waals surface area contributed by atoms with Crippen molar-refractivity contribution in [2.24, 2.45) is 11.8 Å². The van der Waals surface area contributed by atoms with Gasteiger partial charge in [0.25, 0.3) is 0 Å². The number of hydrogen-bond donors (Lipinski definition) is 0. The Morgan fingerprint density at radius 1 is 0.727 bits per heavy atom. The molecule has 2 unspecified atom stereocenters. The van der Waals surface area contributed by atoms with Crippen LogP contribution >= 0.6 is 0 Å². The van der Waals surface area contributed by atoms with Gasteiger partial charge < -0.3 is 0 Å². The molecule has 1 aromatic heterocycles. The second-order valence-corrected chi connectivity index (χ2v) is 6.46. The third-order valence-corrected chi connectivity index (χ3v) is 4.85.